The first-order valence-corrected chi connectivity index (χ1v) is 7.28. The van der Waals surface area contributed by atoms with Crippen LogP contribution < -0.4 is 14.8 Å². The van der Waals surface area contributed by atoms with Gasteiger partial charge in [0.05, 0.1) is 0 Å². The van der Waals surface area contributed by atoms with Crippen molar-refractivity contribution in [3.05, 3.63) is 23.8 Å². The molecule has 1 aromatic carbocycles. The van der Waals surface area contributed by atoms with Crippen molar-refractivity contribution in [1.29, 1.82) is 0 Å². The Balaban J connectivity index is 1.60. The molecule has 2 aliphatic rings. The molecule has 21 heavy (non-hydrogen) atoms. The molecule has 3 rings (SSSR count). The summed E-state index contributed by atoms with van der Waals surface area (Å²) in [5.41, 5.74) is 1.05. The lowest BCUT2D eigenvalue weighted by atomic mass is 10.2. The molecule has 1 fully saturated rings. The number of nitrogens with zero attached hydrogens (tertiary/aromatic N) is 2. The third-order valence-electron chi connectivity index (χ3n) is 3.51. The maximum absolute atomic E-state index is 11.5. The lowest BCUT2D eigenvalue weighted by molar-refractivity contribution is -0.136. The number of carbonyl (C=O) groups is 1. The van der Waals surface area contributed by atoms with Crippen LogP contribution in [-0.4, -0.2) is 40.9 Å². The number of fused-ring (bicyclic) bond motifs is 1. The van der Waals surface area contributed by atoms with Gasteiger partial charge >= 0.3 is 0 Å². The topological polar surface area (TPSA) is 54.0 Å². The summed E-state index contributed by atoms with van der Waals surface area (Å²) in [6.07, 6.45) is 0.936. The van der Waals surface area contributed by atoms with Crippen LogP contribution in [0.15, 0.2) is 18.2 Å². The first-order valence-electron chi connectivity index (χ1n) is 6.87. The van der Waals surface area contributed by atoms with E-state index in [9.17, 15) is 4.79 Å². The Morgan fingerprint density at radius 3 is 2.86 bits per heavy atom. The molecule has 2 aliphatic heterocycles. The van der Waals surface area contributed by atoms with Crippen LogP contribution in [0, 0.1) is 0 Å². The van der Waals surface area contributed by atoms with Gasteiger partial charge in [0.1, 0.15) is 0 Å². The Labute approximate surface area is 128 Å². The van der Waals surface area contributed by atoms with Crippen LogP contribution in [0.25, 0.3) is 0 Å². The van der Waals surface area contributed by atoms with Crippen molar-refractivity contribution in [3.63, 3.8) is 0 Å². The third-order valence-corrected chi connectivity index (χ3v) is 3.86. The second kappa shape index (κ2) is 5.77. The minimum atomic E-state index is 0.0136. The molecule has 0 unspecified atom stereocenters. The zero-order valence-corrected chi connectivity index (χ0v) is 12.6. The Hall–Kier alpha value is -2.02. The second-order valence-corrected chi connectivity index (χ2v) is 5.35. The smallest absolute Gasteiger partial charge is 0.238 e. The molecular formula is C14H17N3O3S. The average molecular weight is 307 g/mol. The average Bonchev–Trinajstić information content (AvgIpc) is 3.12. The zero-order chi connectivity index (χ0) is 14.8. The SMILES string of the molecule is CC(=O)N1CCCN1C(=S)NCc1ccc2c(c1)OCO2. The summed E-state index contributed by atoms with van der Waals surface area (Å²) in [6.45, 7) is 3.90. The van der Waals surface area contributed by atoms with E-state index in [1.807, 2.05) is 23.2 Å². The van der Waals surface area contributed by atoms with E-state index in [1.54, 1.807) is 11.9 Å². The summed E-state index contributed by atoms with van der Waals surface area (Å²) in [7, 11) is 0. The Kier molecular flexibility index (Phi) is 3.83. The molecule has 7 heteroatoms. The maximum Gasteiger partial charge on any atom is 0.238 e. The van der Waals surface area contributed by atoms with Crippen molar-refractivity contribution in [2.24, 2.45) is 0 Å². The molecule has 0 aliphatic carbocycles. The van der Waals surface area contributed by atoms with Gasteiger partial charge in [0.2, 0.25) is 12.7 Å². The first-order chi connectivity index (χ1) is 10.1. The van der Waals surface area contributed by atoms with Gasteiger partial charge in [-0.25, -0.2) is 0 Å². The summed E-state index contributed by atoms with van der Waals surface area (Å²) >= 11 is 5.37. The van der Waals surface area contributed by atoms with E-state index in [4.69, 9.17) is 21.7 Å². The van der Waals surface area contributed by atoms with E-state index in [0.29, 0.717) is 11.7 Å². The molecule has 112 valence electrons. The minimum Gasteiger partial charge on any atom is -0.454 e. The molecule has 0 spiro atoms. The van der Waals surface area contributed by atoms with Crippen molar-refractivity contribution in [2.45, 2.75) is 19.9 Å². The summed E-state index contributed by atoms with van der Waals surface area (Å²) in [5, 5.41) is 7.25. The molecule has 1 aromatic rings. The van der Waals surface area contributed by atoms with Crippen molar-refractivity contribution >= 4 is 23.2 Å². The normalized spacial score (nSPS) is 16.2. The van der Waals surface area contributed by atoms with Gasteiger partial charge < -0.3 is 14.8 Å². The quantitative estimate of drug-likeness (QED) is 0.830. The Morgan fingerprint density at radius 2 is 2.05 bits per heavy atom. The zero-order valence-electron chi connectivity index (χ0n) is 11.8. The summed E-state index contributed by atoms with van der Waals surface area (Å²) in [6, 6.07) is 5.79. The van der Waals surface area contributed by atoms with Crippen molar-refractivity contribution in [3.8, 4) is 11.5 Å². The highest BCUT2D eigenvalue weighted by Gasteiger charge is 2.26. The number of thiocarbonyl (C=S) groups is 1. The maximum atomic E-state index is 11.5. The molecule has 0 atom stereocenters. The molecule has 1 saturated heterocycles. The lowest BCUT2D eigenvalue weighted by Crippen LogP contribution is -2.48. The van der Waals surface area contributed by atoms with Crippen molar-refractivity contribution in [2.75, 3.05) is 19.9 Å². The molecule has 0 radical (unpaired) electrons. The molecule has 0 saturated carbocycles. The van der Waals surface area contributed by atoms with E-state index < -0.39 is 0 Å². The summed E-state index contributed by atoms with van der Waals surface area (Å²) in [4.78, 5) is 11.5. The van der Waals surface area contributed by atoms with Gasteiger partial charge in [-0.05, 0) is 36.3 Å². The fourth-order valence-electron chi connectivity index (χ4n) is 2.47. The Morgan fingerprint density at radius 1 is 1.29 bits per heavy atom. The van der Waals surface area contributed by atoms with Gasteiger partial charge in [-0.1, -0.05) is 6.07 Å². The highest BCUT2D eigenvalue weighted by atomic mass is 32.1. The molecule has 1 amide bonds. The van der Waals surface area contributed by atoms with Gasteiger partial charge in [0, 0.05) is 26.6 Å². The van der Waals surface area contributed by atoms with Crippen LogP contribution in [0.4, 0.5) is 0 Å². The van der Waals surface area contributed by atoms with Gasteiger partial charge in [-0.3, -0.25) is 14.8 Å². The van der Waals surface area contributed by atoms with Crippen LogP contribution in [0.2, 0.25) is 0 Å². The largest absolute Gasteiger partial charge is 0.454 e. The lowest BCUT2D eigenvalue weighted by Gasteiger charge is -2.29. The van der Waals surface area contributed by atoms with E-state index in [-0.39, 0.29) is 12.7 Å². The van der Waals surface area contributed by atoms with E-state index in [1.165, 1.54) is 0 Å². The first kappa shape index (κ1) is 13.9. The van der Waals surface area contributed by atoms with Crippen LogP contribution in [0.5, 0.6) is 11.5 Å². The van der Waals surface area contributed by atoms with E-state index in [2.05, 4.69) is 5.32 Å². The van der Waals surface area contributed by atoms with Crippen molar-refractivity contribution < 1.29 is 14.3 Å². The fraction of sp³-hybridized carbons (Fsp3) is 0.429. The fourth-order valence-corrected chi connectivity index (χ4v) is 2.73. The van der Waals surface area contributed by atoms with Gasteiger partial charge in [0.15, 0.2) is 16.6 Å². The Bertz CT molecular complexity index is 579. The third kappa shape index (κ3) is 2.87. The summed E-state index contributed by atoms with van der Waals surface area (Å²) < 4.78 is 10.6. The highest BCUT2D eigenvalue weighted by molar-refractivity contribution is 7.80. The number of nitrogens with one attached hydrogen (secondary N) is 1. The van der Waals surface area contributed by atoms with Crippen molar-refractivity contribution in [1.82, 2.24) is 15.3 Å². The molecule has 1 N–H and O–H groups in total. The number of amides is 1. The van der Waals surface area contributed by atoms with Crippen LogP contribution in [0.1, 0.15) is 18.9 Å². The number of hydrogen-bond acceptors (Lipinski definition) is 4. The van der Waals surface area contributed by atoms with E-state index in [0.717, 1.165) is 36.6 Å². The number of carbonyl (C=O) groups excluding carboxylic acids is 1. The predicted molar refractivity (Wildman–Crippen MR) is 80.7 cm³/mol. The standard InChI is InChI=1S/C14H17N3O3S/c1-10(18)16-5-2-6-17(16)14(21)15-8-11-3-4-12-13(7-11)20-9-19-12/h3-4,7H,2,5-6,8-9H2,1H3,(H,15,21). The van der Waals surface area contributed by atoms with Crippen LogP contribution in [0.3, 0.4) is 0 Å². The number of hydrazine groups is 1. The van der Waals surface area contributed by atoms with Gasteiger partial charge in [-0.2, -0.15) is 0 Å². The molecule has 6 nitrogen and oxygen atoms in total. The number of hydrogen-bond donors (Lipinski definition) is 1. The monoisotopic (exact) mass is 307 g/mol. The summed E-state index contributed by atoms with van der Waals surface area (Å²) in [5.74, 6) is 1.54. The van der Waals surface area contributed by atoms with Crippen LogP contribution >= 0.6 is 12.2 Å². The second-order valence-electron chi connectivity index (χ2n) is 4.97. The molecule has 0 bridgehead atoms. The number of benzene rings is 1. The number of rotatable bonds is 2. The highest BCUT2D eigenvalue weighted by Crippen LogP contribution is 2.32. The van der Waals surface area contributed by atoms with Gasteiger partial charge in [-0.15, -0.1) is 0 Å². The minimum absolute atomic E-state index is 0.0136. The van der Waals surface area contributed by atoms with E-state index >= 15 is 0 Å². The molecular weight excluding hydrogens is 290 g/mol. The molecule has 2 heterocycles. The molecule has 0 aromatic heterocycles. The van der Waals surface area contributed by atoms with Gasteiger partial charge in [0.25, 0.3) is 0 Å². The number of ether oxygens (including phenoxy) is 2. The van der Waals surface area contributed by atoms with Crippen LogP contribution in [-0.2, 0) is 11.3 Å². The predicted octanol–water partition coefficient (Wildman–Crippen LogP) is 1.26.